The van der Waals surface area contributed by atoms with Crippen molar-refractivity contribution in [2.75, 3.05) is 40.2 Å². The van der Waals surface area contributed by atoms with Crippen molar-refractivity contribution in [2.24, 2.45) is 5.41 Å². The summed E-state index contributed by atoms with van der Waals surface area (Å²) in [5.41, 5.74) is 3.97. The highest BCUT2D eigenvalue weighted by Crippen LogP contribution is 2.66. The molecule has 1 aromatic heterocycles. The minimum Gasteiger partial charge on any atom is -0.497 e. The van der Waals surface area contributed by atoms with E-state index in [1.807, 2.05) is 30.1 Å². The summed E-state index contributed by atoms with van der Waals surface area (Å²) in [6.07, 6.45) is 3.57. The first kappa shape index (κ1) is 35.3. The third-order valence-corrected chi connectivity index (χ3v) is 11.7. The number of halogens is 3. The number of alkyl halides is 3. The van der Waals surface area contributed by atoms with Gasteiger partial charge in [0, 0.05) is 61.8 Å². The maximum absolute atomic E-state index is 14.4. The lowest BCUT2D eigenvalue weighted by atomic mass is 9.81. The molecule has 0 unspecified atom stereocenters. The number of aromatic nitrogens is 1. The van der Waals surface area contributed by atoms with E-state index in [-0.39, 0.29) is 23.3 Å². The number of nitrogens with zero attached hydrogens (tertiary/aromatic N) is 2. The summed E-state index contributed by atoms with van der Waals surface area (Å²) in [5, 5.41) is 0.895. The highest BCUT2D eigenvalue weighted by molar-refractivity contribution is 7.90. The van der Waals surface area contributed by atoms with Gasteiger partial charge in [-0.3, -0.25) is 9.59 Å². The van der Waals surface area contributed by atoms with Crippen LogP contribution in [0.3, 0.4) is 0 Å². The molecule has 3 aromatic rings. The number of unbranched alkanes of at least 4 members (excludes halogenated alkanes) is 2. The Bertz CT molecular complexity index is 1850. The van der Waals surface area contributed by atoms with Gasteiger partial charge in [-0.25, -0.2) is 13.1 Å². The monoisotopic (exact) mass is 703 g/mol. The maximum atomic E-state index is 14.4. The molecule has 2 aliphatic carbocycles. The lowest BCUT2D eigenvalue weighted by Gasteiger charge is -2.25. The number of methoxy groups -OCH3 is 2. The van der Waals surface area contributed by atoms with Gasteiger partial charge in [0.05, 0.1) is 18.2 Å². The molecule has 13 heteroatoms. The zero-order chi connectivity index (χ0) is 35.1. The number of hydrogen-bond acceptors (Lipinski definition) is 6. The van der Waals surface area contributed by atoms with Gasteiger partial charge >= 0.3 is 6.18 Å². The Balaban J connectivity index is 1.47. The molecule has 2 heterocycles. The van der Waals surface area contributed by atoms with Crippen molar-refractivity contribution >= 4 is 32.7 Å². The standard InChI is InChI=1S/C36H44F3N3O6S/c1-41(16-8-5-9-17-47-2)34(44)35-20-29(35)28-19-25(48-3)13-15-26(28)32-31(23-10-6-4-7-11-23)27-14-12-24(18-30(27)42(32)21-35)33(43)40-49(45,46)22-36(37,38)39/h12-15,18-19,23,29H,4-11,16-17,20-22H2,1-3H3,(H,40,43)/t29-,35-/m0/s1. The minimum atomic E-state index is -5.00. The number of carbonyl (C=O) groups excluding carboxylic acids is 2. The van der Waals surface area contributed by atoms with Crippen LogP contribution < -0.4 is 9.46 Å². The molecule has 2 atom stereocenters. The van der Waals surface area contributed by atoms with Crippen LogP contribution in [0, 0.1) is 5.41 Å². The van der Waals surface area contributed by atoms with Crippen LogP contribution in [0.4, 0.5) is 13.2 Å². The molecule has 266 valence electrons. The molecule has 6 rings (SSSR count). The summed E-state index contributed by atoms with van der Waals surface area (Å²) in [6.45, 7) is 1.62. The van der Waals surface area contributed by atoms with E-state index in [0.29, 0.717) is 37.4 Å². The first-order valence-electron chi connectivity index (χ1n) is 17.0. The van der Waals surface area contributed by atoms with Gasteiger partial charge in [-0.1, -0.05) is 25.3 Å². The number of fused-ring (bicyclic) bond motifs is 7. The molecule has 3 aliphatic rings. The summed E-state index contributed by atoms with van der Waals surface area (Å²) in [7, 11) is 0.161. The molecule has 2 fully saturated rings. The SMILES string of the molecule is COCCCCCN(C)C(=O)[C@]12C[C@H]1c1cc(OC)ccc1-c1c(C3CCCCC3)c3ccc(C(=O)NS(=O)(=O)CC(F)(F)F)cc3n1C2. The Hall–Kier alpha value is -3.58. The molecular weight excluding hydrogens is 659 g/mol. The van der Waals surface area contributed by atoms with Crippen molar-refractivity contribution in [1.82, 2.24) is 14.2 Å². The summed E-state index contributed by atoms with van der Waals surface area (Å²) in [6, 6.07) is 10.8. The molecule has 0 spiro atoms. The fourth-order valence-corrected chi connectivity index (χ4v) is 9.03. The Kier molecular flexibility index (Phi) is 9.80. The molecule has 2 amide bonds. The largest absolute Gasteiger partial charge is 0.497 e. The average Bonchev–Trinajstić information content (AvgIpc) is 3.72. The highest BCUT2D eigenvalue weighted by Gasteiger charge is 2.63. The number of hydrogen-bond donors (Lipinski definition) is 1. The first-order chi connectivity index (χ1) is 23.3. The predicted molar refractivity (Wildman–Crippen MR) is 180 cm³/mol. The van der Waals surface area contributed by atoms with Crippen LogP contribution in [-0.4, -0.2) is 76.0 Å². The summed E-state index contributed by atoms with van der Waals surface area (Å²) >= 11 is 0. The van der Waals surface area contributed by atoms with E-state index < -0.39 is 33.3 Å². The predicted octanol–water partition coefficient (Wildman–Crippen LogP) is 6.75. The number of nitrogens with one attached hydrogen (secondary N) is 1. The lowest BCUT2D eigenvalue weighted by molar-refractivity contribution is -0.136. The molecule has 0 saturated heterocycles. The Morgan fingerprint density at radius 2 is 1.80 bits per heavy atom. The van der Waals surface area contributed by atoms with Crippen LogP contribution in [0.1, 0.15) is 91.1 Å². The van der Waals surface area contributed by atoms with E-state index in [1.54, 1.807) is 31.1 Å². The van der Waals surface area contributed by atoms with E-state index >= 15 is 0 Å². The molecule has 0 bridgehead atoms. The third-order valence-electron chi connectivity index (χ3n) is 10.5. The molecule has 0 radical (unpaired) electrons. The Labute approximate surface area is 285 Å². The van der Waals surface area contributed by atoms with Crippen molar-refractivity contribution in [3.63, 3.8) is 0 Å². The molecule has 9 nitrogen and oxygen atoms in total. The summed E-state index contributed by atoms with van der Waals surface area (Å²) in [4.78, 5) is 29.4. The molecule has 1 aliphatic heterocycles. The van der Waals surface area contributed by atoms with Gasteiger partial charge in [-0.05, 0) is 85.9 Å². The second-order valence-electron chi connectivity index (χ2n) is 13.9. The third kappa shape index (κ3) is 7.06. The van der Waals surface area contributed by atoms with Gasteiger partial charge < -0.3 is 18.9 Å². The zero-order valence-electron chi connectivity index (χ0n) is 28.2. The molecule has 49 heavy (non-hydrogen) atoms. The topological polar surface area (TPSA) is 107 Å². The van der Waals surface area contributed by atoms with E-state index in [1.165, 1.54) is 6.07 Å². The van der Waals surface area contributed by atoms with Gasteiger partial charge in [0.2, 0.25) is 15.9 Å². The van der Waals surface area contributed by atoms with Gasteiger partial charge in [0.15, 0.2) is 5.75 Å². The Morgan fingerprint density at radius 1 is 1.04 bits per heavy atom. The van der Waals surface area contributed by atoms with E-state index in [0.717, 1.165) is 79.1 Å². The summed E-state index contributed by atoms with van der Waals surface area (Å²) < 4.78 is 77.7. The summed E-state index contributed by atoms with van der Waals surface area (Å²) in [5.74, 6) is -2.39. The van der Waals surface area contributed by atoms with Crippen molar-refractivity contribution in [1.29, 1.82) is 0 Å². The Morgan fingerprint density at radius 3 is 2.49 bits per heavy atom. The lowest BCUT2D eigenvalue weighted by Crippen LogP contribution is -2.38. The van der Waals surface area contributed by atoms with Gasteiger partial charge in [0.1, 0.15) is 5.75 Å². The fourth-order valence-electron chi connectivity index (χ4n) is 8.13. The number of ether oxygens (including phenoxy) is 2. The number of benzene rings is 2. The quantitative estimate of drug-likeness (QED) is 0.209. The van der Waals surface area contributed by atoms with Crippen LogP contribution in [0.2, 0.25) is 0 Å². The van der Waals surface area contributed by atoms with Crippen LogP contribution >= 0.6 is 0 Å². The second kappa shape index (κ2) is 13.6. The number of sulfonamides is 1. The van der Waals surface area contributed by atoms with Crippen LogP contribution in [0.15, 0.2) is 36.4 Å². The van der Waals surface area contributed by atoms with Crippen LogP contribution in [0.5, 0.6) is 5.75 Å². The minimum absolute atomic E-state index is 0.0408. The molecule has 2 saturated carbocycles. The number of amides is 2. The van der Waals surface area contributed by atoms with Crippen LogP contribution in [0.25, 0.3) is 22.2 Å². The van der Waals surface area contributed by atoms with Gasteiger partial charge in [-0.15, -0.1) is 0 Å². The molecule has 1 N–H and O–H groups in total. The number of rotatable bonds is 12. The van der Waals surface area contributed by atoms with E-state index in [9.17, 15) is 31.2 Å². The van der Waals surface area contributed by atoms with Gasteiger partial charge in [0.25, 0.3) is 5.91 Å². The highest BCUT2D eigenvalue weighted by atomic mass is 32.2. The molecule has 2 aromatic carbocycles. The normalized spacial score (nSPS) is 20.6. The average molecular weight is 704 g/mol. The zero-order valence-corrected chi connectivity index (χ0v) is 29.0. The van der Waals surface area contributed by atoms with E-state index in [2.05, 4.69) is 4.57 Å². The van der Waals surface area contributed by atoms with Crippen molar-refractivity contribution < 1.29 is 40.7 Å². The smallest absolute Gasteiger partial charge is 0.404 e. The van der Waals surface area contributed by atoms with Crippen LogP contribution in [-0.2, 0) is 26.1 Å². The maximum Gasteiger partial charge on any atom is 0.404 e. The molecular formula is C36H44F3N3O6S. The van der Waals surface area contributed by atoms with Crippen molar-refractivity contribution in [3.8, 4) is 17.0 Å². The van der Waals surface area contributed by atoms with E-state index in [4.69, 9.17) is 9.47 Å². The second-order valence-corrected chi connectivity index (χ2v) is 15.6. The van der Waals surface area contributed by atoms with Gasteiger partial charge in [-0.2, -0.15) is 13.2 Å². The first-order valence-corrected chi connectivity index (χ1v) is 18.6. The van der Waals surface area contributed by atoms with Crippen molar-refractivity contribution in [3.05, 3.63) is 53.1 Å². The number of carbonyl (C=O) groups is 2. The fraction of sp³-hybridized carbons (Fsp3) is 0.556. The van der Waals surface area contributed by atoms with Crippen molar-refractivity contribution in [2.45, 2.75) is 82.3 Å².